The largest absolute Gasteiger partial charge is 0.479 e. The third-order valence-corrected chi connectivity index (χ3v) is 2.75. The number of aliphatic hydroxyl groups is 1. The molecule has 1 aliphatic heterocycles. The Morgan fingerprint density at radius 1 is 1.41 bits per heavy atom. The molecule has 17 heavy (non-hydrogen) atoms. The molecule has 0 saturated carbocycles. The quantitative estimate of drug-likeness (QED) is 0.524. The van der Waals surface area contributed by atoms with Crippen LogP contribution in [0.1, 0.15) is 19.8 Å². The van der Waals surface area contributed by atoms with E-state index in [4.69, 9.17) is 14.9 Å². The molecule has 4 N–H and O–H groups in total. The van der Waals surface area contributed by atoms with Gasteiger partial charge in [-0.05, 0) is 19.8 Å². The zero-order valence-corrected chi connectivity index (χ0v) is 9.73. The lowest BCUT2D eigenvalue weighted by Crippen LogP contribution is -2.54. The van der Waals surface area contributed by atoms with Crippen LogP contribution < -0.4 is 10.6 Å². The van der Waals surface area contributed by atoms with E-state index in [1.165, 1.54) is 0 Å². The van der Waals surface area contributed by atoms with E-state index in [9.17, 15) is 9.59 Å². The third-order valence-electron chi connectivity index (χ3n) is 2.75. The number of amides is 2. The van der Waals surface area contributed by atoms with Gasteiger partial charge >= 0.3 is 12.0 Å². The summed E-state index contributed by atoms with van der Waals surface area (Å²) in [6.07, 6.45) is -0.160. The van der Waals surface area contributed by atoms with Crippen molar-refractivity contribution in [3.8, 4) is 0 Å². The predicted octanol–water partition coefficient (Wildman–Crippen LogP) is -0.700. The molecule has 1 heterocycles. The maximum atomic E-state index is 11.5. The summed E-state index contributed by atoms with van der Waals surface area (Å²) >= 11 is 0. The van der Waals surface area contributed by atoms with Gasteiger partial charge in [0, 0.05) is 18.8 Å². The number of carboxylic acid groups (broad SMARTS) is 1. The topological polar surface area (TPSA) is 108 Å². The minimum absolute atomic E-state index is 0.312. The number of rotatable bonds is 4. The van der Waals surface area contributed by atoms with Crippen molar-refractivity contribution in [3.63, 3.8) is 0 Å². The van der Waals surface area contributed by atoms with Crippen LogP contribution in [0.5, 0.6) is 0 Å². The van der Waals surface area contributed by atoms with E-state index in [2.05, 4.69) is 10.6 Å². The van der Waals surface area contributed by atoms with Gasteiger partial charge in [-0.3, -0.25) is 0 Å². The molecule has 7 heteroatoms. The summed E-state index contributed by atoms with van der Waals surface area (Å²) < 4.78 is 5.19. The van der Waals surface area contributed by atoms with Crippen LogP contribution >= 0.6 is 0 Å². The van der Waals surface area contributed by atoms with Crippen LogP contribution in [0.2, 0.25) is 0 Å². The van der Waals surface area contributed by atoms with Crippen molar-refractivity contribution in [2.75, 3.05) is 19.8 Å². The summed E-state index contributed by atoms with van der Waals surface area (Å²) in [5.74, 6) is -1.36. The molecule has 1 atom stereocenters. The summed E-state index contributed by atoms with van der Waals surface area (Å²) in [7, 11) is 0. The zero-order valence-electron chi connectivity index (χ0n) is 9.73. The average molecular weight is 246 g/mol. The number of hydrogen-bond acceptors (Lipinski definition) is 4. The fourth-order valence-corrected chi connectivity index (χ4v) is 1.54. The second kappa shape index (κ2) is 5.83. The second-order valence-electron chi connectivity index (χ2n) is 4.36. The van der Waals surface area contributed by atoms with Crippen LogP contribution in [-0.2, 0) is 9.53 Å². The first-order valence-electron chi connectivity index (χ1n) is 5.47. The minimum atomic E-state index is -1.58. The van der Waals surface area contributed by atoms with Gasteiger partial charge in [-0.1, -0.05) is 0 Å². The number of aliphatic carboxylic acids is 1. The third kappa shape index (κ3) is 4.58. The fourth-order valence-electron chi connectivity index (χ4n) is 1.54. The van der Waals surface area contributed by atoms with Crippen molar-refractivity contribution in [2.45, 2.75) is 31.4 Å². The molecule has 2 amide bonds. The molecule has 7 nitrogen and oxygen atoms in total. The SMILES string of the molecule is CC1(NC(=O)NC[C@H](O)C(=O)O)CCOCC1. The number of carbonyl (C=O) groups is 2. The fraction of sp³-hybridized carbons (Fsp3) is 0.800. The number of ether oxygens (including phenoxy) is 1. The molecule has 0 unspecified atom stereocenters. The van der Waals surface area contributed by atoms with Crippen molar-refractivity contribution >= 4 is 12.0 Å². The van der Waals surface area contributed by atoms with E-state index in [0.717, 1.165) is 0 Å². The Hall–Kier alpha value is -1.34. The van der Waals surface area contributed by atoms with Crippen LogP contribution in [0.15, 0.2) is 0 Å². The second-order valence-corrected chi connectivity index (χ2v) is 4.36. The highest BCUT2D eigenvalue weighted by Crippen LogP contribution is 2.19. The Morgan fingerprint density at radius 3 is 2.53 bits per heavy atom. The van der Waals surface area contributed by atoms with Crippen LogP contribution in [0, 0.1) is 0 Å². The maximum absolute atomic E-state index is 11.5. The Morgan fingerprint density at radius 2 is 2.00 bits per heavy atom. The Labute approximate surface area is 99.1 Å². The van der Waals surface area contributed by atoms with Gasteiger partial charge in [0.2, 0.25) is 0 Å². The average Bonchev–Trinajstić information content (AvgIpc) is 2.26. The molecule has 1 fully saturated rings. The summed E-state index contributed by atoms with van der Waals surface area (Å²) in [6.45, 7) is 2.78. The van der Waals surface area contributed by atoms with Crippen molar-refractivity contribution in [1.29, 1.82) is 0 Å². The van der Waals surface area contributed by atoms with Crippen molar-refractivity contribution in [2.24, 2.45) is 0 Å². The van der Waals surface area contributed by atoms with E-state index < -0.39 is 18.1 Å². The van der Waals surface area contributed by atoms with E-state index in [1.807, 2.05) is 6.92 Å². The Kier molecular flexibility index (Phi) is 4.71. The van der Waals surface area contributed by atoms with E-state index in [1.54, 1.807) is 0 Å². The summed E-state index contributed by atoms with van der Waals surface area (Å²) in [5, 5.41) is 22.5. The molecule has 0 radical (unpaired) electrons. The monoisotopic (exact) mass is 246 g/mol. The molecule has 0 bridgehead atoms. The number of carboxylic acids is 1. The summed E-state index contributed by atoms with van der Waals surface area (Å²) in [6, 6.07) is -0.477. The molecule has 0 spiro atoms. The van der Waals surface area contributed by atoms with E-state index in [-0.39, 0.29) is 12.1 Å². The van der Waals surface area contributed by atoms with Gasteiger partial charge in [0.05, 0.1) is 6.54 Å². The molecule has 0 aliphatic carbocycles. The normalized spacial score (nSPS) is 20.4. The number of hydrogen-bond donors (Lipinski definition) is 4. The van der Waals surface area contributed by atoms with Crippen molar-refractivity contribution in [1.82, 2.24) is 10.6 Å². The van der Waals surface area contributed by atoms with Crippen LogP contribution in [0.4, 0.5) is 4.79 Å². The molecule has 98 valence electrons. The van der Waals surface area contributed by atoms with Gasteiger partial charge in [-0.25, -0.2) is 9.59 Å². The van der Waals surface area contributed by atoms with E-state index >= 15 is 0 Å². The maximum Gasteiger partial charge on any atom is 0.334 e. The summed E-state index contributed by atoms with van der Waals surface area (Å²) in [4.78, 5) is 21.8. The number of nitrogens with one attached hydrogen (secondary N) is 2. The smallest absolute Gasteiger partial charge is 0.334 e. The first kappa shape index (κ1) is 13.7. The van der Waals surface area contributed by atoms with Crippen molar-refractivity contribution < 1.29 is 24.5 Å². The molecule has 0 aromatic rings. The van der Waals surface area contributed by atoms with Gasteiger partial charge in [0.25, 0.3) is 0 Å². The highest BCUT2D eigenvalue weighted by molar-refractivity contribution is 5.77. The zero-order chi connectivity index (χ0) is 12.9. The van der Waals surface area contributed by atoms with Crippen molar-refractivity contribution in [3.05, 3.63) is 0 Å². The molecular formula is C10H18N2O5. The number of carbonyl (C=O) groups excluding carboxylic acids is 1. The standard InChI is InChI=1S/C10H18N2O5/c1-10(2-4-17-5-3-10)12-9(16)11-6-7(13)8(14)15/h7,13H,2-6H2,1H3,(H,14,15)(H2,11,12,16)/t7-/m0/s1. The lowest BCUT2D eigenvalue weighted by molar-refractivity contribution is -0.146. The lowest BCUT2D eigenvalue weighted by Gasteiger charge is -2.34. The van der Waals surface area contributed by atoms with Crippen LogP contribution in [0.3, 0.4) is 0 Å². The van der Waals surface area contributed by atoms with Gasteiger partial charge in [-0.15, -0.1) is 0 Å². The van der Waals surface area contributed by atoms with E-state index in [0.29, 0.717) is 26.1 Å². The molecule has 1 rings (SSSR count). The first-order valence-corrected chi connectivity index (χ1v) is 5.47. The Balaban J connectivity index is 2.31. The molecule has 0 aromatic heterocycles. The molecular weight excluding hydrogens is 228 g/mol. The number of urea groups is 1. The van der Waals surface area contributed by atoms with Gasteiger partial charge in [-0.2, -0.15) is 0 Å². The molecule has 1 saturated heterocycles. The van der Waals surface area contributed by atoms with Crippen LogP contribution in [-0.4, -0.2) is 53.6 Å². The highest BCUT2D eigenvalue weighted by atomic mass is 16.5. The van der Waals surface area contributed by atoms with Gasteiger partial charge in [0.1, 0.15) is 0 Å². The summed E-state index contributed by atoms with van der Waals surface area (Å²) in [5.41, 5.74) is -0.337. The highest BCUT2D eigenvalue weighted by Gasteiger charge is 2.29. The minimum Gasteiger partial charge on any atom is -0.479 e. The van der Waals surface area contributed by atoms with Crippen LogP contribution in [0.25, 0.3) is 0 Å². The lowest BCUT2D eigenvalue weighted by atomic mass is 9.93. The molecule has 0 aromatic carbocycles. The molecule has 1 aliphatic rings. The Bertz CT molecular complexity index is 288. The van der Waals surface area contributed by atoms with Gasteiger partial charge in [0.15, 0.2) is 6.10 Å². The predicted molar refractivity (Wildman–Crippen MR) is 58.6 cm³/mol. The first-order chi connectivity index (χ1) is 7.93. The van der Waals surface area contributed by atoms with Gasteiger partial charge < -0.3 is 25.6 Å². The number of aliphatic hydroxyl groups excluding tert-OH is 1.